The highest BCUT2D eigenvalue weighted by Crippen LogP contribution is 2.27. The van der Waals surface area contributed by atoms with Crippen LogP contribution in [0.1, 0.15) is 42.7 Å². The lowest BCUT2D eigenvalue weighted by Crippen LogP contribution is -2.44. The van der Waals surface area contributed by atoms with Crippen LogP contribution in [-0.2, 0) is 15.3 Å². The number of thiazole rings is 1. The Hall–Kier alpha value is -1.86. The van der Waals surface area contributed by atoms with Crippen molar-refractivity contribution in [2.45, 2.75) is 43.4 Å². The lowest BCUT2D eigenvalue weighted by atomic mass is 9.99. The van der Waals surface area contributed by atoms with E-state index in [1.54, 1.807) is 46.5 Å². The quantitative estimate of drug-likeness (QED) is 0.532. The van der Waals surface area contributed by atoms with E-state index in [2.05, 4.69) is 11.9 Å². The fourth-order valence-corrected chi connectivity index (χ4v) is 4.59. The zero-order chi connectivity index (χ0) is 19.2. The van der Waals surface area contributed by atoms with Gasteiger partial charge >= 0.3 is 5.97 Å². The van der Waals surface area contributed by atoms with E-state index in [-0.39, 0.29) is 5.91 Å². The summed E-state index contributed by atoms with van der Waals surface area (Å²) in [5, 5.41) is 1.99. The molecule has 1 aromatic heterocycles. The first-order valence-electron chi connectivity index (χ1n) is 9.13. The molecule has 0 spiro atoms. The van der Waals surface area contributed by atoms with Gasteiger partial charge in [-0.1, -0.05) is 19.1 Å². The summed E-state index contributed by atoms with van der Waals surface area (Å²) in [4.78, 5) is 32.1. The molecule has 0 aliphatic carbocycles. The number of carbonyl (C=O) groups excluding carboxylic acids is 2. The summed E-state index contributed by atoms with van der Waals surface area (Å²) in [5.41, 5.74) is 3.27. The third-order valence-corrected chi connectivity index (χ3v) is 6.44. The predicted molar refractivity (Wildman–Crippen MR) is 108 cm³/mol. The molecule has 2 heterocycles. The Morgan fingerprint density at radius 2 is 2.07 bits per heavy atom. The summed E-state index contributed by atoms with van der Waals surface area (Å²) in [6.07, 6.45) is 1.23. The normalized spacial score (nSPS) is 16.1. The molecule has 2 aromatic rings. The fourth-order valence-electron chi connectivity index (χ4n) is 2.98. The van der Waals surface area contributed by atoms with E-state index < -0.39 is 12.1 Å². The molecule has 1 atom stereocenters. The Morgan fingerprint density at radius 1 is 1.33 bits per heavy atom. The maximum atomic E-state index is 12.7. The maximum absolute atomic E-state index is 12.7. The first-order valence-corrected chi connectivity index (χ1v) is 11.1. The number of rotatable bonds is 6. The molecule has 0 radical (unpaired) electrons. The van der Waals surface area contributed by atoms with Gasteiger partial charge in [0.15, 0.2) is 6.10 Å². The van der Waals surface area contributed by atoms with E-state index in [0.29, 0.717) is 17.2 Å². The largest absolute Gasteiger partial charge is 0.449 e. The Labute approximate surface area is 168 Å². The topological polar surface area (TPSA) is 59.5 Å². The first kappa shape index (κ1) is 19.9. The second kappa shape index (κ2) is 9.37. The highest BCUT2D eigenvalue weighted by molar-refractivity contribution is 7.98. The van der Waals surface area contributed by atoms with Gasteiger partial charge in [0.05, 0.1) is 16.8 Å². The van der Waals surface area contributed by atoms with Crippen molar-refractivity contribution in [2.75, 3.05) is 13.1 Å². The fraction of sp³-hybridized carbons (Fsp3) is 0.450. The molecule has 1 aromatic carbocycles. The number of aromatic nitrogens is 1. The summed E-state index contributed by atoms with van der Waals surface area (Å²) < 4.78 is 5.50. The third-order valence-electron chi connectivity index (χ3n) is 4.69. The van der Waals surface area contributed by atoms with E-state index in [1.807, 2.05) is 23.6 Å². The van der Waals surface area contributed by atoms with Crippen molar-refractivity contribution in [3.8, 4) is 0 Å². The molecule has 1 fully saturated rings. The summed E-state index contributed by atoms with van der Waals surface area (Å²) in [6, 6.07) is 7.34. The number of amides is 1. The molecule has 1 saturated heterocycles. The standard InChI is InChI=1S/C20H24N2O3S2/c1-14-7-9-22(10-8-14)19(23)15(2)25-20(24)17-5-3-4-6-18(17)27-12-16-11-26-13-21-16/h3-6,11,13-15H,7-10,12H2,1-2H3. The summed E-state index contributed by atoms with van der Waals surface area (Å²) in [5.74, 6) is 0.771. The van der Waals surface area contributed by atoms with E-state index in [1.165, 1.54) is 0 Å². The van der Waals surface area contributed by atoms with Crippen molar-refractivity contribution in [1.82, 2.24) is 9.88 Å². The van der Waals surface area contributed by atoms with Crippen molar-refractivity contribution in [1.29, 1.82) is 0 Å². The van der Waals surface area contributed by atoms with Crippen molar-refractivity contribution >= 4 is 35.0 Å². The molecular formula is C20H24N2O3S2. The second-order valence-electron chi connectivity index (χ2n) is 6.82. The highest BCUT2D eigenvalue weighted by Gasteiger charge is 2.27. The number of piperidine rings is 1. The van der Waals surface area contributed by atoms with Gasteiger partial charge in [-0.25, -0.2) is 9.78 Å². The van der Waals surface area contributed by atoms with Crippen LogP contribution in [0.25, 0.3) is 0 Å². The summed E-state index contributed by atoms with van der Waals surface area (Å²) in [6.45, 7) is 5.33. The van der Waals surface area contributed by atoms with Crippen molar-refractivity contribution in [3.63, 3.8) is 0 Å². The summed E-state index contributed by atoms with van der Waals surface area (Å²) in [7, 11) is 0. The van der Waals surface area contributed by atoms with E-state index in [0.717, 1.165) is 36.5 Å². The minimum atomic E-state index is -0.775. The number of likely N-dealkylation sites (tertiary alicyclic amines) is 1. The molecule has 0 N–H and O–H groups in total. The average Bonchev–Trinajstić information content (AvgIpc) is 3.20. The molecule has 5 nitrogen and oxygen atoms in total. The highest BCUT2D eigenvalue weighted by atomic mass is 32.2. The zero-order valence-electron chi connectivity index (χ0n) is 15.6. The smallest absolute Gasteiger partial charge is 0.340 e. The Balaban J connectivity index is 1.61. The van der Waals surface area contributed by atoms with Crippen LogP contribution in [0.3, 0.4) is 0 Å². The van der Waals surface area contributed by atoms with Gasteiger partial charge in [-0.3, -0.25) is 4.79 Å². The third kappa shape index (κ3) is 5.32. The number of ether oxygens (including phenoxy) is 1. The van der Waals surface area contributed by atoms with Gasteiger partial charge in [0.2, 0.25) is 0 Å². The van der Waals surface area contributed by atoms with Gasteiger partial charge in [0.25, 0.3) is 5.91 Å². The minimum absolute atomic E-state index is 0.108. The van der Waals surface area contributed by atoms with E-state index in [4.69, 9.17) is 4.74 Å². The van der Waals surface area contributed by atoms with Gasteiger partial charge in [0.1, 0.15) is 0 Å². The number of benzene rings is 1. The number of hydrogen-bond acceptors (Lipinski definition) is 6. The van der Waals surface area contributed by atoms with Gasteiger partial charge in [-0.05, 0) is 37.8 Å². The molecule has 1 unspecified atom stereocenters. The van der Waals surface area contributed by atoms with Crippen LogP contribution in [-0.4, -0.2) is 41.0 Å². The number of nitrogens with zero attached hydrogens (tertiary/aromatic N) is 2. The molecule has 0 bridgehead atoms. The first-order chi connectivity index (χ1) is 13.0. The molecule has 3 rings (SSSR count). The average molecular weight is 405 g/mol. The van der Waals surface area contributed by atoms with Gasteiger partial charge < -0.3 is 9.64 Å². The number of carbonyl (C=O) groups is 2. The van der Waals surface area contributed by atoms with Crippen molar-refractivity contribution in [2.24, 2.45) is 5.92 Å². The maximum Gasteiger partial charge on any atom is 0.340 e. The number of esters is 1. The second-order valence-corrected chi connectivity index (χ2v) is 8.56. The molecule has 27 heavy (non-hydrogen) atoms. The molecule has 7 heteroatoms. The van der Waals surface area contributed by atoms with E-state index >= 15 is 0 Å². The Kier molecular flexibility index (Phi) is 6.90. The van der Waals surface area contributed by atoms with E-state index in [9.17, 15) is 9.59 Å². The van der Waals surface area contributed by atoms with Crippen LogP contribution >= 0.6 is 23.1 Å². The molecule has 1 amide bonds. The van der Waals surface area contributed by atoms with Gasteiger partial charge in [-0.2, -0.15) is 0 Å². The number of thioether (sulfide) groups is 1. The molecule has 0 saturated carbocycles. The van der Waals surface area contributed by atoms with Gasteiger partial charge in [0, 0.05) is 29.1 Å². The zero-order valence-corrected chi connectivity index (χ0v) is 17.2. The molecule has 1 aliphatic heterocycles. The monoisotopic (exact) mass is 404 g/mol. The van der Waals surface area contributed by atoms with Crippen LogP contribution in [0.4, 0.5) is 0 Å². The molecule has 1 aliphatic rings. The molecule has 144 valence electrons. The lowest BCUT2D eigenvalue weighted by Gasteiger charge is -2.31. The predicted octanol–water partition coefficient (Wildman–Crippen LogP) is 4.24. The molecular weight excluding hydrogens is 380 g/mol. The lowest BCUT2D eigenvalue weighted by molar-refractivity contribution is -0.141. The van der Waals surface area contributed by atoms with Crippen LogP contribution in [0.15, 0.2) is 40.1 Å². The van der Waals surface area contributed by atoms with Gasteiger partial charge in [-0.15, -0.1) is 23.1 Å². The van der Waals surface area contributed by atoms with Crippen LogP contribution in [0.5, 0.6) is 0 Å². The van der Waals surface area contributed by atoms with Crippen LogP contribution in [0.2, 0.25) is 0 Å². The Bertz CT molecular complexity index is 771. The minimum Gasteiger partial charge on any atom is -0.449 e. The van der Waals surface area contributed by atoms with Crippen molar-refractivity contribution < 1.29 is 14.3 Å². The van der Waals surface area contributed by atoms with Crippen LogP contribution < -0.4 is 0 Å². The van der Waals surface area contributed by atoms with Crippen LogP contribution in [0, 0.1) is 5.92 Å². The Morgan fingerprint density at radius 3 is 2.78 bits per heavy atom. The summed E-state index contributed by atoms with van der Waals surface area (Å²) >= 11 is 3.10. The van der Waals surface area contributed by atoms with Crippen molar-refractivity contribution in [3.05, 3.63) is 46.4 Å². The SMILES string of the molecule is CC1CCN(C(=O)C(C)OC(=O)c2ccccc2SCc2cscn2)CC1. The number of hydrogen-bond donors (Lipinski definition) is 0.